The van der Waals surface area contributed by atoms with Gasteiger partial charge in [-0.3, -0.25) is 4.79 Å². The first kappa shape index (κ1) is 16.5. The number of aromatic nitrogens is 1. The fourth-order valence-corrected chi connectivity index (χ4v) is 3.44. The van der Waals surface area contributed by atoms with Gasteiger partial charge >= 0.3 is 0 Å². The average Bonchev–Trinajstić information content (AvgIpc) is 2.92. The molecule has 0 radical (unpaired) electrons. The van der Waals surface area contributed by atoms with Crippen molar-refractivity contribution in [3.63, 3.8) is 0 Å². The molecule has 1 fully saturated rings. The number of methoxy groups -OCH3 is 2. The van der Waals surface area contributed by atoms with Crippen LogP contribution in [-0.4, -0.2) is 57.3 Å². The molecule has 2 heterocycles. The molecular weight excluding hydrogens is 310 g/mol. The van der Waals surface area contributed by atoms with E-state index in [9.17, 15) is 13.2 Å². The van der Waals surface area contributed by atoms with Crippen molar-refractivity contribution >= 4 is 15.9 Å². The Bertz CT molecular complexity index is 662. The van der Waals surface area contributed by atoms with Crippen LogP contribution in [0.2, 0.25) is 0 Å². The molecule has 8 nitrogen and oxygen atoms in total. The van der Waals surface area contributed by atoms with Crippen molar-refractivity contribution in [2.45, 2.75) is 6.42 Å². The molecule has 2 N–H and O–H groups in total. The highest BCUT2D eigenvalue weighted by Crippen LogP contribution is 2.25. The van der Waals surface area contributed by atoms with Gasteiger partial charge in [-0.25, -0.2) is 13.6 Å². The zero-order valence-corrected chi connectivity index (χ0v) is 13.3. The minimum absolute atomic E-state index is 0.116. The zero-order valence-electron chi connectivity index (χ0n) is 12.5. The topological polar surface area (TPSA) is 112 Å². The van der Waals surface area contributed by atoms with Gasteiger partial charge in [0.2, 0.25) is 21.8 Å². The number of hydrogen-bond acceptors (Lipinski definition) is 6. The number of likely N-dealkylation sites (tertiary alicyclic amines) is 1. The number of hydrogen-bond donors (Lipinski definition) is 1. The SMILES string of the molecule is COc1ccc(C(=O)N2CC[C@@H](CS(N)(=O)=O)C2)c(OC)n1. The highest BCUT2D eigenvalue weighted by Gasteiger charge is 2.30. The quantitative estimate of drug-likeness (QED) is 0.804. The molecule has 0 saturated carbocycles. The number of carbonyl (C=O) groups excluding carboxylic acids is 1. The summed E-state index contributed by atoms with van der Waals surface area (Å²) in [4.78, 5) is 18.2. The predicted octanol–water partition coefficient (Wildman–Crippen LogP) is -0.151. The maximum absolute atomic E-state index is 12.5. The van der Waals surface area contributed by atoms with Crippen LogP contribution in [-0.2, 0) is 10.0 Å². The number of primary sulfonamides is 1. The summed E-state index contributed by atoms with van der Waals surface area (Å²) in [5.41, 5.74) is 0.319. The fourth-order valence-electron chi connectivity index (χ4n) is 2.51. The minimum atomic E-state index is -3.53. The molecule has 22 heavy (non-hydrogen) atoms. The largest absolute Gasteiger partial charge is 0.481 e. The summed E-state index contributed by atoms with van der Waals surface area (Å²) in [7, 11) is -0.638. The van der Waals surface area contributed by atoms with Gasteiger partial charge in [-0.1, -0.05) is 0 Å². The van der Waals surface area contributed by atoms with Gasteiger partial charge in [0.1, 0.15) is 5.56 Å². The number of amides is 1. The molecule has 1 aromatic rings. The number of pyridine rings is 1. The summed E-state index contributed by atoms with van der Waals surface area (Å²) in [6.07, 6.45) is 0.605. The lowest BCUT2D eigenvalue weighted by Crippen LogP contribution is -2.31. The van der Waals surface area contributed by atoms with Crippen LogP contribution in [0.15, 0.2) is 12.1 Å². The second-order valence-corrected chi connectivity index (χ2v) is 6.80. The second-order valence-electron chi connectivity index (χ2n) is 5.15. The summed E-state index contributed by atoms with van der Waals surface area (Å²) >= 11 is 0. The maximum Gasteiger partial charge on any atom is 0.259 e. The Balaban J connectivity index is 2.13. The van der Waals surface area contributed by atoms with E-state index in [0.29, 0.717) is 31.0 Å². The number of ether oxygens (including phenoxy) is 2. The normalized spacial score (nSPS) is 18.3. The van der Waals surface area contributed by atoms with Gasteiger partial charge in [0.25, 0.3) is 5.91 Å². The van der Waals surface area contributed by atoms with Crippen LogP contribution in [0.3, 0.4) is 0 Å². The van der Waals surface area contributed by atoms with Gasteiger partial charge < -0.3 is 14.4 Å². The average molecular weight is 329 g/mol. The van der Waals surface area contributed by atoms with E-state index in [0.717, 1.165) is 0 Å². The summed E-state index contributed by atoms with van der Waals surface area (Å²) < 4.78 is 32.4. The Morgan fingerprint density at radius 1 is 1.41 bits per heavy atom. The smallest absolute Gasteiger partial charge is 0.259 e. The van der Waals surface area contributed by atoms with Crippen molar-refractivity contribution < 1.29 is 22.7 Å². The molecule has 0 spiro atoms. The number of carbonyl (C=O) groups is 1. The van der Waals surface area contributed by atoms with Gasteiger partial charge in [0, 0.05) is 19.2 Å². The van der Waals surface area contributed by atoms with Crippen LogP contribution >= 0.6 is 0 Å². The van der Waals surface area contributed by atoms with E-state index in [1.54, 1.807) is 17.0 Å². The van der Waals surface area contributed by atoms with Gasteiger partial charge in [0.05, 0.1) is 20.0 Å². The van der Waals surface area contributed by atoms with E-state index in [1.807, 2.05) is 0 Å². The monoisotopic (exact) mass is 329 g/mol. The Morgan fingerprint density at radius 3 is 2.73 bits per heavy atom. The molecular formula is C13H19N3O5S. The highest BCUT2D eigenvalue weighted by atomic mass is 32.2. The van der Waals surface area contributed by atoms with Crippen LogP contribution in [0.4, 0.5) is 0 Å². The van der Waals surface area contributed by atoms with Gasteiger partial charge in [-0.2, -0.15) is 4.98 Å². The number of nitrogens with two attached hydrogens (primary N) is 1. The molecule has 0 bridgehead atoms. The molecule has 1 aromatic heterocycles. The number of sulfonamides is 1. The Labute approximate surface area is 129 Å². The van der Waals surface area contributed by atoms with Crippen LogP contribution in [0.1, 0.15) is 16.8 Å². The first-order chi connectivity index (χ1) is 10.3. The van der Waals surface area contributed by atoms with Gasteiger partial charge in [-0.05, 0) is 18.4 Å². The molecule has 1 amide bonds. The molecule has 1 atom stereocenters. The summed E-state index contributed by atoms with van der Waals surface area (Å²) in [5.74, 6) is 0.0237. The van der Waals surface area contributed by atoms with Crippen LogP contribution in [0.25, 0.3) is 0 Å². The number of nitrogens with zero attached hydrogens (tertiary/aromatic N) is 2. The third kappa shape index (κ3) is 3.86. The standard InChI is InChI=1S/C13H19N3O5S/c1-20-11-4-3-10(12(15-11)21-2)13(17)16-6-5-9(7-16)8-22(14,18)19/h3-4,9H,5-8H2,1-2H3,(H2,14,18,19)/t9-/m1/s1. The Hall–Kier alpha value is -1.87. The molecule has 9 heteroatoms. The summed E-state index contributed by atoms with van der Waals surface area (Å²) in [6, 6.07) is 3.16. The molecule has 0 aromatic carbocycles. The molecule has 0 unspecified atom stereocenters. The van der Waals surface area contributed by atoms with Crippen LogP contribution in [0, 0.1) is 5.92 Å². The van der Waals surface area contributed by atoms with E-state index in [4.69, 9.17) is 14.6 Å². The second kappa shape index (κ2) is 6.49. The van der Waals surface area contributed by atoms with Gasteiger partial charge in [-0.15, -0.1) is 0 Å². The maximum atomic E-state index is 12.5. The lowest BCUT2D eigenvalue weighted by atomic mass is 10.2. The van der Waals surface area contributed by atoms with Crippen LogP contribution in [0.5, 0.6) is 11.8 Å². The van der Waals surface area contributed by atoms with Crippen molar-refractivity contribution in [1.29, 1.82) is 0 Å². The van der Waals surface area contributed by atoms with Crippen molar-refractivity contribution in [3.05, 3.63) is 17.7 Å². The Morgan fingerprint density at radius 2 is 2.14 bits per heavy atom. The molecule has 0 aliphatic carbocycles. The van der Waals surface area contributed by atoms with E-state index in [1.165, 1.54) is 14.2 Å². The summed E-state index contributed by atoms with van der Waals surface area (Å²) in [6.45, 7) is 0.832. The van der Waals surface area contributed by atoms with E-state index >= 15 is 0 Å². The molecule has 122 valence electrons. The van der Waals surface area contributed by atoms with Crippen LogP contribution < -0.4 is 14.6 Å². The van der Waals surface area contributed by atoms with Crippen molar-refractivity contribution in [2.75, 3.05) is 33.1 Å². The van der Waals surface area contributed by atoms with Crippen molar-refractivity contribution in [2.24, 2.45) is 11.1 Å². The highest BCUT2D eigenvalue weighted by molar-refractivity contribution is 7.89. The fraction of sp³-hybridized carbons (Fsp3) is 0.538. The summed E-state index contributed by atoms with van der Waals surface area (Å²) in [5, 5.41) is 5.05. The van der Waals surface area contributed by atoms with Crippen molar-refractivity contribution in [1.82, 2.24) is 9.88 Å². The lowest BCUT2D eigenvalue weighted by molar-refractivity contribution is 0.0784. The first-order valence-electron chi connectivity index (χ1n) is 6.73. The lowest BCUT2D eigenvalue weighted by Gasteiger charge is -2.17. The van der Waals surface area contributed by atoms with E-state index in [-0.39, 0.29) is 23.5 Å². The Kier molecular flexibility index (Phi) is 4.87. The molecule has 2 rings (SSSR count). The first-order valence-corrected chi connectivity index (χ1v) is 8.44. The third-order valence-electron chi connectivity index (χ3n) is 3.51. The molecule has 1 aliphatic heterocycles. The van der Waals surface area contributed by atoms with Gasteiger partial charge in [0.15, 0.2) is 0 Å². The molecule has 1 saturated heterocycles. The van der Waals surface area contributed by atoms with Crippen molar-refractivity contribution in [3.8, 4) is 11.8 Å². The van der Waals surface area contributed by atoms with E-state index < -0.39 is 10.0 Å². The molecule has 1 aliphatic rings. The van der Waals surface area contributed by atoms with E-state index in [2.05, 4.69) is 4.98 Å². The predicted molar refractivity (Wildman–Crippen MR) is 79.3 cm³/mol. The number of rotatable bonds is 5. The third-order valence-corrected chi connectivity index (χ3v) is 4.44. The zero-order chi connectivity index (χ0) is 16.3. The minimum Gasteiger partial charge on any atom is -0.481 e.